The summed E-state index contributed by atoms with van der Waals surface area (Å²) in [5, 5.41) is 82.0. The highest BCUT2D eigenvalue weighted by atomic mass is 16.5. The number of hydrogen-bond donors (Lipinski definition) is 22. The molecule has 14 amide bonds. The minimum Gasteiger partial charge on any atom is -0.481 e. The van der Waals surface area contributed by atoms with Gasteiger partial charge in [0.15, 0.2) is 17.3 Å². The van der Waals surface area contributed by atoms with E-state index < -0.39 is 279 Å². The predicted octanol–water partition coefficient (Wildman–Crippen LogP) is -5.08. The minimum atomic E-state index is -2.50. The Balaban J connectivity index is 1.64. The van der Waals surface area contributed by atoms with Gasteiger partial charge >= 0.3 is 29.8 Å². The van der Waals surface area contributed by atoms with Crippen molar-refractivity contribution in [2.45, 2.75) is 216 Å². The summed E-state index contributed by atoms with van der Waals surface area (Å²) < 4.78 is 5.77. The Hall–Kier alpha value is -13.6. The van der Waals surface area contributed by atoms with Gasteiger partial charge in [-0.2, -0.15) is 0 Å². The molecule has 0 saturated carbocycles. The topological polar surface area (TPSA) is 722 Å². The van der Waals surface area contributed by atoms with Gasteiger partial charge in [-0.05, 0) is 87.9 Å². The molecular formula is C79H107N17O28. The SMILES string of the molecule is CCCCCCCCCC(=O)N[C@@H](Cc1c[nH]c2ccccc12)C(=O)N[C@H](CC(N)=O)C(=O)N[C@@H](CC(=O)O)C(=O)N[C@@H]1C(=O)NCC(=O)N[C@@H](CCCN)C(=O)N[C@@H](CC(=O)O)C(=O)N[C@H](C)C(=O)N[C@@H](CC(=O)O)C(=O)NCC(=O)N[C@H](CO)C(=O)N[C@@H]([C@H](C)CC(=O)O)C(=O)N[C@@H](CC(=O)c2ccccc2NCCC2C(=O)C=CC2=O)C(=O)O[C@@H]1C. The monoisotopic (exact) mass is 1740 g/mol. The fourth-order valence-electron chi connectivity index (χ4n) is 13.0. The molecule has 0 bridgehead atoms. The molecule has 0 unspecified atom stereocenters. The number of carboxylic acids is 4. The van der Waals surface area contributed by atoms with E-state index >= 15 is 4.79 Å². The molecule has 5 rings (SSSR count). The van der Waals surface area contributed by atoms with Crippen molar-refractivity contribution in [1.29, 1.82) is 0 Å². The molecule has 1 fully saturated rings. The Morgan fingerprint density at radius 3 is 1.70 bits per heavy atom. The average molecular weight is 1740 g/mol. The number of hydrogen-bond acceptors (Lipinski definition) is 26. The first-order chi connectivity index (χ1) is 58.7. The summed E-state index contributed by atoms with van der Waals surface area (Å²) in [7, 11) is 0. The number of esters is 1. The van der Waals surface area contributed by atoms with Crippen LogP contribution in [0.5, 0.6) is 0 Å². The van der Waals surface area contributed by atoms with Gasteiger partial charge in [0.25, 0.3) is 0 Å². The van der Waals surface area contributed by atoms with Gasteiger partial charge in [0.2, 0.25) is 82.7 Å². The van der Waals surface area contributed by atoms with Crippen LogP contribution < -0.4 is 85.9 Å². The molecule has 1 saturated heterocycles. The number of ketones is 3. The van der Waals surface area contributed by atoms with E-state index in [-0.39, 0.29) is 50.0 Å². The van der Waals surface area contributed by atoms with Gasteiger partial charge in [-0.1, -0.05) is 82.7 Å². The second-order valence-electron chi connectivity index (χ2n) is 29.6. The molecule has 3 aromatic rings. The number of aromatic amines is 1. The zero-order chi connectivity index (χ0) is 92.0. The number of aliphatic carboxylic acids is 4. The number of rotatable bonds is 39. The molecule has 2 aromatic carbocycles. The van der Waals surface area contributed by atoms with Crippen molar-refractivity contribution in [3.05, 3.63) is 78.0 Å². The first-order valence-corrected chi connectivity index (χ1v) is 39.9. The molecule has 124 heavy (non-hydrogen) atoms. The maximum Gasteiger partial charge on any atom is 0.329 e. The summed E-state index contributed by atoms with van der Waals surface area (Å²) in [6.07, 6.45) is -0.642. The van der Waals surface area contributed by atoms with E-state index in [0.29, 0.717) is 29.3 Å². The van der Waals surface area contributed by atoms with Gasteiger partial charge in [-0.15, -0.1) is 0 Å². The molecular weight excluding hydrogens is 1630 g/mol. The molecule has 2 aliphatic rings. The number of nitrogens with one attached hydrogen (secondary N) is 15. The van der Waals surface area contributed by atoms with Crippen LogP contribution >= 0.6 is 0 Å². The number of anilines is 1. The van der Waals surface area contributed by atoms with E-state index in [0.717, 1.165) is 65.0 Å². The number of primary amides is 1. The number of Topliss-reactive ketones (excluding diaryl/α,β-unsaturated/α-hetero) is 1. The average Bonchev–Trinajstić information content (AvgIpc) is 1.66. The highest BCUT2D eigenvalue weighted by Gasteiger charge is 2.42. The Bertz CT molecular complexity index is 4460. The fraction of sp³-hybridized carbons (Fsp3) is 0.519. The van der Waals surface area contributed by atoms with Crippen molar-refractivity contribution in [3.8, 4) is 0 Å². The van der Waals surface area contributed by atoms with Crippen molar-refractivity contribution in [2.75, 3.05) is 38.1 Å². The summed E-state index contributed by atoms with van der Waals surface area (Å²) in [4.78, 5) is 304. The molecule has 13 atom stereocenters. The largest absolute Gasteiger partial charge is 0.481 e. The lowest BCUT2D eigenvalue weighted by molar-refractivity contribution is -0.156. The number of carbonyl (C=O) groups excluding carboxylic acids is 18. The van der Waals surface area contributed by atoms with E-state index in [2.05, 4.69) is 70.4 Å². The normalized spacial score (nSPS) is 21.2. The first-order valence-electron chi connectivity index (χ1n) is 39.9. The maximum absolute atomic E-state index is 15.2. The van der Waals surface area contributed by atoms with Crippen LogP contribution in [-0.2, 0) is 112 Å². The quantitative estimate of drug-likeness (QED) is 0.0110. The highest BCUT2D eigenvalue weighted by Crippen LogP contribution is 2.24. The number of carboxylic acid groups (broad SMARTS) is 4. The van der Waals surface area contributed by atoms with Crippen molar-refractivity contribution >= 4 is 146 Å². The van der Waals surface area contributed by atoms with Crippen LogP contribution in [0, 0.1) is 11.8 Å². The number of allylic oxidation sites excluding steroid dienone is 2. The van der Waals surface area contributed by atoms with Crippen LogP contribution in [0.3, 0.4) is 0 Å². The Labute approximate surface area is 708 Å². The lowest BCUT2D eigenvalue weighted by Crippen LogP contribution is -2.62. The second kappa shape index (κ2) is 50.6. The summed E-state index contributed by atoms with van der Waals surface area (Å²) in [6.45, 7) is 0.837. The molecule has 1 aliphatic heterocycles. The van der Waals surface area contributed by atoms with Gasteiger partial charge in [-0.25, -0.2) is 4.79 Å². The van der Waals surface area contributed by atoms with Gasteiger partial charge in [-0.3, -0.25) is 101 Å². The van der Waals surface area contributed by atoms with Gasteiger partial charge in [0.1, 0.15) is 72.6 Å². The van der Waals surface area contributed by atoms with Crippen LogP contribution in [-0.4, -0.2) is 266 Å². The highest BCUT2D eigenvalue weighted by molar-refractivity contribution is 6.18. The molecule has 1 aliphatic carbocycles. The van der Waals surface area contributed by atoms with Crippen molar-refractivity contribution in [1.82, 2.24) is 74.1 Å². The standard InChI is InChI=1S/C79H107N17O28/c1-5-6-7-8-9-10-11-22-60(102)88-49(29-42-35-83-46-19-14-12-17-43(42)46)73(117)91-50(31-59(81)101)74(118)93-53(34-66(111)112)75(119)96-68-41(4)124-79(123)54(30-58(100)44-18-13-15-20-47(44)82-27-25-45-56(98)23-24-57(45)99)94-78(122)67(39(2)28-63(105)106)95-76(120)55(38-97)89-62(104)36-84-70(114)51(32-64(107)108)90-69(113)40(3)86-72(116)52(33-65(109)110)92-71(115)48(21-16-26-80)87-61(103)37-85-77(68)121/h12-15,17-20,23-24,35,39-41,45,48-55,67-68,82-83,97H,5-11,16,21-22,25-34,36-38,80H2,1-4H3,(H2,81,101)(H,84,114)(H,85,121)(H,86,116)(H,87,103)(H,88,102)(H,89,104)(H,90,113)(H,91,117)(H,92,115)(H,93,118)(H,94,122)(H,95,120)(H,96,119)(H,105,106)(H,107,108)(H,109,110)(H,111,112)/t39-,40-,41-,48+,49+,50-,51+,52+,53+,54+,55-,67+,68+/m1/s1. The molecule has 24 N–H and O–H groups in total. The number of aliphatic hydroxyl groups is 1. The number of para-hydroxylation sites is 2. The number of cyclic esters (lactones) is 1. The summed E-state index contributed by atoms with van der Waals surface area (Å²) in [5.41, 5.74) is 12.2. The third-order valence-electron chi connectivity index (χ3n) is 19.7. The smallest absolute Gasteiger partial charge is 0.329 e. The number of ether oxygens (including phenoxy) is 1. The third-order valence-corrected chi connectivity index (χ3v) is 19.7. The summed E-state index contributed by atoms with van der Waals surface area (Å²) in [6, 6.07) is -10.8. The number of aromatic nitrogens is 1. The lowest BCUT2D eigenvalue weighted by atomic mass is 9.95. The minimum absolute atomic E-state index is 0.00688. The van der Waals surface area contributed by atoms with Crippen LogP contribution in [0.1, 0.15) is 153 Å². The number of H-pyrrole nitrogens is 1. The number of amides is 14. The van der Waals surface area contributed by atoms with E-state index in [9.17, 15) is 126 Å². The summed E-state index contributed by atoms with van der Waals surface area (Å²) in [5.74, 6) is -32.3. The summed E-state index contributed by atoms with van der Waals surface area (Å²) >= 11 is 0. The van der Waals surface area contributed by atoms with E-state index in [1.54, 1.807) is 30.5 Å². The molecule has 1 aromatic heterocycles. The zero-order valence-electron chi connectivity index (χ0n) is 68.5. The van der Waals surface area contributed by atoms with E-state index in [1.165, 1.54) is 24.3 Å². The number of benzene rings is 2. The van der Waals surface area contributed by atoms with Crippen LogP contribution in [0.4, 0.5) is 5.69 Å². The molecule has 45 heteroatoms. The van der Waals surface area contributed by atoms with Gasteiger partial charge in [0, 0.05) is 54.2 Å². The number of fused-ring (bicyclic) bond motifs is 1. The molecule has 0 radical (unpaired) electrons. The van der Waals surface area contributed by atoms with Crippen molar-refractivity contribution < 1.29 is 136 Å². The molecule has 45 nitrogen and oxygen atoms in total. The molecule has 2 heterocycles. The van der Waals surface area contributed by atoms with Crippen LogP contribution in [0.2, 0.25) is 0 Å². The van der Waals surface area contributed by atoms with Crippen molar-refractivity contribution in [2.24, 2.45) is 23.3 Å². The number of nitrogens with two attached hydrogens (primary N) is 2. The first kappa shape index (κ1) is 101. The number of unbranched alkanes of at least 4 members (excludes halogenated alkanes) is 6. The van der Waals surface area contributed by atoms with E-state index in [4.69, 9.17) is 16.2 Å². The number of aliphatic hydroxyl groups excluding tert-OH is 1. The Kier molecular flexibility index (Phi) is 41.2. The zero-order valence-corrected chi connectivity index (χ0v) is 68.5. The molecule has 0 spiro atoms. The second-order valence-corrected chi connectivity index (χ2v) is 29.6. The maximum atomic E-state index is 15.2. The van der Waals surface area contributed by atoms with Crippen molar-refractivity contribution in [3.63, 3.8) is 0 Å². The molecule has 676 valence electrons. The lowest BCUT2D eigenvalue weighted by Gasteiger charge is -2.30. The van der Waals surface area contributed by atoms with Gasteiger partial charge in [0.05, 0.1) is 57.7 Å². The van der Waals surface area contributed by atoms with E-state index in [1.807, 2.05) is 16.0 Å². The number of carbonyl (C=O) groups is 22. The van der Waals surface area contributed by atoms with Gasteiger partial charge < -0.3 is 121 Å². The predicted molar refractivity (Wildman–Crippen MR) is 432 cm³/mol. The Morgan fingerprint density at radius 1 is 0.540 bits per heavy atom. The third kappa shape index (κ3) is 33.4. The van der Waals surface area contributed by atoms with Crippen LogP contribution in [0.15, 0.2) is 66.9 Å². The fourth-order valence-corrected chi connectivity index (χ4v) is 13.0. The Morgan fingerprint density at radius 2 is 1.09 bits per heavy atom. The van der Waals surface area contributed by atoms with Crippen LogP contribution in [0.25, 0.3) is 10.9 Å².